The van der Waals surface area contributed by atoms with Gasteiger partial charge < -0.3 is 9.80 Å². The van der Waals surface area contributed by atoms with Crippen molar-refractivity contribution in [2.45, 2.75) is 12.7 Å². The van der Waals surface area contributed by atoms with Gasteiger partial charge in [-0.15, -0.1) is 0 Å². The predicted molar refractivity (Wildman–Crippen MR) is 134 cm³/mol. The molecule has 36 heavy (non-hydrogen) atoms. The second-order valence-corrected chi connectivity index (χ2v) is 9.68. The molecule has 0 unspecified atom stereocenters. The van der Waals surface area contributed by atoms with E-state index in [9.17, 15) is 18.0 Å². The molecular formula is C25H21F3N6OS. The van der Waals surface area contributed by atoms with Gasteiger partial charge in [0.2, 0.25) is 0 Å². The number of nitrogens with zero attached hydrogens (tertiary/aromatic N) is 6. The molecular weight excluding hydrogens is 489 g/mol. The first-order valence-corrected chi connectivity index (χ1v) is 12.0. The van der Waals surface area contributed by atoms with Gasteiger partial charge in [-0.25, -0.2) is 4.85 Å². The molecule has 5 rings (SSSR count). The molecule has 7 nitrogen and oxygen atoms in total. The zero-order chi connectivity index (χ0) is 25.4. The third-order valence-corrected chi connectivity index (χ3v) is 7.24. The van der Waals surface area contributed by atoms with Crippen LogP contribution >= 0.6 is 11.8 Å². The highest BCUT2D eigenvalue weighted by Gasteiger charge is 2.33. The number of likely N-dealkylation sites (N-methyl/N-ethyl adjacent to an activating group) is 1. The number of piperazine rings is 1. The van der Waals surface area contributed by atoms with Crippen molar-refractivity contribution in [1.29, 1.82) is 0 Å². The molecule has 0 saturated carbocycles. The molecule has 0 aliphatic carbocycles. The largest absolute Gasteiger partial charge is 0.415 e. The number of aromatic nitrogens is 2. The Kier molecular flexibility index (Phi) is 6.32. The Balaban J connectivity index is 1.36. The number of alkyl halides is 3. The number of fused-ring (bicyclic) bond motifs is 1. The Morgan fingerprint density at radius 1 is 1.14 bits per heavy atom. The van der Waals surface area contributed by atoms with Crippen LogP contribution in [0.2, 0.25) is 0 Å². The summed E-state index contributed by atoms with van der Waals surface area (Å²) in [7, 11) is 2.07. The Morgan fingerprint density at radius 3 is 2.64 bits per heavy atom. The van der Waals surface area contributed by atoms with E-state index in [1.807, 2.05) is 12.1 Å². The van der Waals surface area contributed by atoms with E-state index in [1.165, 1.54) is 28.6 Å². The SMILES string of the molecule is [C-]#[N+]c1ccc(Cn2ncc3cc(C=C4SC(N5CCN(C)CC5)=NC4=O)ccc32)c(C(F)(F)F)c1. The molecule has 0 N–H and O–H groups in total. The van der Waals surface area contributed by atoms with Crippen molar-refractivity contribution in [3.8, 4) is 0 Å². The minimum atomic E-state index is -4.57. The Labute approximate surface area is 209 Å². The summed E-state index contributed by atoms with van der Waals surface area (Å²) in [6.07, 6.45) is -1.20. The van der Waals surface area contributed by atoms with E-state index in [0.717, 1.165) is 48.4 Å². The van der Waals surface area contributed by atoms with Crippen molar-refractivity contribution < 1.29 is 18.0 Å². The van der Waals surface area contributed by atoms with Crippen molar-refractivity contribution in [1.82, 2.24) is 19.6 Å². The monoisotopic (exact) mass is 510 g/mol. The van der Waals surface area contributed by atoms with Gasteiger partial charge in [-0.1, -0.05) is 18.2 Å². The number of aliphatic imine (C=N–C) groups is 1. The second kappa shape index (κ2) is 9.44. The molecule has 3 heterocycles. The zero-order valence-corrected chi connectivity index (χ0v) is 20.1. The quantitative estimate of drug-likeness (QED) is 0.372. The summed E-state index contributed by atoms with van der Waals surface area (Å²) in [6.45, 7) is 10.4. The molecule has 2 aliphatic heterocycles. The number of thioether (sulfide) groups is 1. The summed E-state index contributed by atoms with van der Waals surface area (Å²) in [4.78, 5) is 24.7. The van der Waals surface area contributed by atoms with Crippen LogP contribution in [0.15, 0.2) is 52.5 Å². The molecule has 0 bridgehead atoms. The maximum atomic E-state index is 13.6. The third kappa shape index (κ3) is 4.87. The first-order valence-electron chi connectivity index (χ1n) is 11.2. The average molecular weight is 511 g/mol. The molecule has 3 aromatic rings. The molecule has 1 amide bonds. The van der Waals surface area contributed by atoms with Gasteiger partial charge in [-0.3, -0.25) is 9.48 Å². The number of halogens is 3. The highest BCUT2D eigenvalue weighted by atomic mass is 32.2. The van der Waals surface area contributed by atoms with E-state index >= 15 is 0 Å². The van der Waals surface area contributed by atoms with Crippen LogP contribution in [0, 0.1) is 6.57 Å². The minimum Gasteiger partial charge on any atom is -0.348 e. The summed E-state index contributed by atoms with van der Waals surface area (Å²) in [5.74, 6) is -0.271. The lowest BCUT2D eigenvalue weighted by Gasteiger charge is -2.32. The first kappa shape index (κ1) is 24.1. The number of carbonyl (C=O) groups excluding carboxylic acids is 1. The van der Waals surface area contributed by atoms with Crippen LogP contribution in [-0.4, -0.2) is 63.9 Å². The number of amides is 1. The smallest absolute Gasteiger partial charge is 0.348 e. The van der Waals surface area contributed by atoms with E-state index in [4.69, 9.17) is 6.57 Å². The summed E-state index contributed by atoms with van der Waals surface area (Å²) in [5, 5.41) is 5.75. The Bertz CT molecular complexity index is 1440. The Morgan fingerprint density at radius 2 is 1.92 bits per heavy atom. The van der Waals surface area contributed by atoms with Gasteiger partial charge in [0.05, 0.1) is 35.3 Å². The molecule has 184 valence electrons. The average Bonchev–Trinajstić information content (AvgIpc) is 3.42. The number of hydrogen-bond acceptors (Lipinski definition) is 5. The lowest BCUT2D eigenvalue weighted by molar-refractivity contribution is -0.138. The number of benzene rings is 2. The molecule has 1 fully saturated rings. The van der Waals surface area contributed by atoms with Gasteiger partial charge in [0.1, 0.15) is 0 Å². The summed E-state index contributed by atoms with van der Waals surface area (Å²) < 4.78 is 42.2. The van der Waals surface area contributed by atoms with E-state index < -0.39 is 11.7 Å². The van der Waals surface area contributed by atoms with Crippen LogP contribution in [0.3, 0.4) is 0 Å². The van der Waals surface area contributed by atoms with E-state index in [0.29, 0.717) is 10.4 Å². The maximum absolute atomic E-state index is 13.6. The van der Waals surface area contributed by atoms with Gasteiger partial charge in [0.15, 0.2) is 10.9 Å². The number of hydrogen-bond donors (Lipinski definition) is 0. The molecule has 2 aliphatic rings. The summed E-state index contributed by atoms with van der Waals surface area (Å²) >= 11 is 1.36. The first-order chi connectivity index (χ1) is 17.2. The van der Waals surface area contributed by atoms with Gasteiger partial charge in [0, 0.05) is 31.6 Å². The summed E-state index contributed by atoms with van der Waals surface area (Å²) in [5.41, 5.74) is 0.583. The van der Waals surface area contributed by atoms with E-state index in [1.54, 1.807) is 18.3 Å². The number of rotatable bonds is 3. The second-order valence-electron chi connectivity index (χ2n) is 8.67. The van der Waals surface area contributed by atoms with Crippen molar-refractivity contribution in [2.24, 2.45) is 4.99 Å². The fourth-order valence-corrected chi connectivity index (χ4v) is 5.17. The molecule has 0 spiro atoms. The maximum Gasteiger partial charge on any atom is 0.415 e. The van der Waals surface area contributed by atoms with Crippen LogP contribution in [-0.2, 0) is 17.5 Å². The lowest BCUT2D eigenvalue weighted by atomic mass is 10.1. The van der Waals surface area contributed by atoms with Crippen molar-refractivity contribution in [3.05, 3.63) is 75.6 Å². The molecule has 1 aromatic heterocycles. The molecule has 0 atom stereocenters. The molecule has 0 radical (unpaired) electrons. The number of amidine groups is 1. The van der Waals surface area contributed by atoms with Crippen LogP contribution in [0.5, 0.6) is 0 Å². The normalized spacial score (nSPS) is 18.2. The fourth-order valence-electron chi connectivity index (χ4n) is 4.20. The van der Waals surface area contributed by atoms with Gasteiger partial charge in [0.25, 0.3) is 5.91 Å². The topological polar surface area (TPSA) is 58.1 Å². The van der Waals surface area contributed by atoms with Crippen LogP contribution in [0.25, 0.3) is 21.8 Å². The molecule has 11 heteroatoms. The van der Waals surface area contributed by atoms with Gasteiger partial charge >= 0.3 is 6.18 Å². The summed E-state index contributed by atoms with van der Waals surface area (Å²) in [6, 6.07) is 9.00. The van der Waals surface area contributed by atoms with Crippen LogP contribution in [0.1, 0.15) is 16.7 Å². The molecule has 2 aromatic carbocycles. The fraction of sp³-hybridized carbons (Fsp3) is 0.280. The van der Waals surface area contributed by atoms with E-state index in [2.05, 4.69) is 31.8 Å². The lowest BCUT2D eigenvalue weighted by Crippen LogP contribution is -2.46. The molecule has 1 saturated heterocycles. The highest BCUT2D eigenvalue weighted by molar-refractivity contribution is 8.18. The van der Waals surface area contributed by atoms with Crippen molar-refractivity contribution in [2.75, 3.05) is 33.2 Å². The van der Waals surface area contributed by atoms with E-state index in [-0.39, 0.29) is 23.7 Å². The van der Waals surface area contributed by atoms with Crippen molar-refractivity contribution >= 4 is 45.5 Å². The van der Waals surface area contributed by atoms with Crippen LogP contribution in [0.4, 0.5) is 18.9 Å². The minimum absolute atomic E-state index is 0.0348. The zero-order valence-electron chi connectivity index (χ0n) is 19.3. The highest BCUT2D eigenvalue weighted by Crippen LogP contribution is 2.35. The Hall–Kier alpha value is -3.62. The number of carbonyl (C=O) groups is 1. The van der Waals surface area contributed by atoms with Crippen LogP contribution < -0.4 is 0 Å². The third-order valence-electron chi connectivity index (χ3n) is 6.19. The van der Waals surface area contributed by atoms with Gasteiger partial charge in [-0.05, 0) is 54.2 Å². The van der Waals surface area contributed by atoms with Crippen molar-refractivity contribution in [3.63, 3.8) is 0 Å². The van der Waals surface area contributed by atoms with Gasteiger partial charge in [-0.2, -0.15) is 23.3 Å². The predicted octanol–water partition coefficient (Wildman–Crippen LogP) is 4.87. The standard InChI is InChI=1S/C25H21F3N6OS/c1-29-19-5-4-17(20(13-19)25(26,27)28)15-34-21-6-3-16(11-18(21)14-30-34)12-22-23(35)31-24(36-22)33-9-7-32(2)8-10-33/h3-6,11-14H,7-10,15H2,2H3.